The maximum Gasteiger partial charge on any atom is 0.252 e. The van der Waals surface area contributed by atoms with Crippen LogP contribution in [0, 0.1) is 0 Å². The molecule has 0 saturated carbocycles. The lowest BCUT2D eigenvalue weighted by molar-refractivity contribution is 0.0923. The van der Waals surface area contributed by atoms with Gasteiger partial charge in [-0.3, -0.25) is 4.79 Å². The van der Waals surface area contributed by atoms with Crippen LogP contribution < -0.4 is 10.2 Å². The molecular formula is C11H17N3O2. The largest absolute Gasteiger partial charge is 0.392 e. The minimum absolute atomic E-state index is 0.223. The van der Waals surface area contributed by atoms with Gasteiger partial charge in [0.05, 0.1) is 11.7 Å². The van der Waals surface area contributed by atoms with E-state index in [0.29, 0.717) is 5.56 Å². The van der Waals surface area contributed by atoms with Crippen molar-refractivity contribution in [2.24, 2.45) is 0 Å². The fraction of sp³-hybridized carbons (Fsp3) is 0.455. The van der Waals surface area contributed by atoms with E-state index in [0.717, 1.165) is 5.82 Å². The number of carbonyl (C=O) groups is 1. The summed E-state index contributed by atoms with van der Waals surface area (Å²) in [5.74, 6) is 0.575. The van der Waals surface area contributed by atoms with E-state index in [1.807, 2.05) is 19.0 Å². The number of rotatable bonds is 4. The lowest BCUT2D eigenvalue weighted by Gasteiger charge is -2.11. The molecule has 1 aromatic rings. The molecule has 0 unspecified atom stereocenters. The first-order valence-electron chi connectivity index (χ1n) is 5.10. The Hall–Kier alpha value is -1.62. The highest BCUT2D eigenvalue weighted by molar-refractivity contribution is 5.94. The number of hydrogen-bond donors (Lipinski definition) is 2. The topological polar surface area (TPSA) is 65.5 Å². The molecule has 0 saturated heterocycles. The van der Waals surface area contributed by atoms with Crippen LogP contribution >= 0.6 is 0 Å². The SMILES string of the molecule is C[C@@H](O)CNC(=O)c1ccc(N(C)C)nc1. The summed E-state index contributed by atoms with van der Waals surface area (Å²) in [6.45, 7) is 1.86. The summed E-state index contributed by atoms with van der Waals surface area (Å²) in [4.78, 5) is 17.5. The summed E-state index contributed by atoms with van der Waals surface area (Å²) < 4.78 is 0. The number of hydrogen-bond acceptors (Lipinski definition) is 4. The molecule has 0 aliphatic carbocycles. The van der Waals surface area contributed by atoms with Gasteiger partial charge in [-0.15, -0.1) is 0 Å². The van der Waals surface area contributed by atoms with Crippen molar-refractivity contribution in [2.45, 2.75) is 13.0 Å². The van der Waals surface area contributed by atoms with Gasteiger partial charge in [0.15, 0.2) is 0 Å². The highest BCUT2D eigenvalue weighted by Gasteiger charge is 2.07. The summed E-state index contributed by atoms with van der Waals surface area (Å²) in [5.41, 5.74) is 0.492. The Morgan fingerprint density at radius 1 is 1.56 bits per heavy atom. The zero-order valence-electron chi connectivity index (χ0n) is 9.77. The summed E-state index contributed by atoms with van der Waals surface area (Å²) in [6, 6.07) is 3.48. The number of anilines is 1. The molecule has 1 heterocycles. The zero-order chi connectivity index (χ0) is 12.1. The molecule has 5 nitrogen and oxygen atoms in total. The van der Waals surface area contributed by atoms with Gasteiger partial charge in [0.1, 0.15) is 5.82 Å². The van der Waals surface area contributed by atoms with Crippen molar-refractivity contribution in [3.05, 3.63) is 23.9 Å². The van der Waals surface area contributed by atoms with Gasteiger partial charge in [0, 0.05) is 26.8 Å². The Morgan fingerprint density at radius 2 is 2.25 bits per heavy atom. The van der Waals surface area contributed by atoms with Crippen LogP contribution in [0.2, 0.25) is 0 Å². The smallest absolute Gasteiger partial charge is 0.252 e. The highest BCUT2D eigenvalue weighted by Crippen LogP contribution is 2.07. The van der Waals surface area contributed by atoms with E-state index in [4.69, 9.17) is 5.11 Å². The van der Waals surface area contributed by atoms with E-state index in [-0.39, 0.29) is 12.5 Å². The number of amides is 1. The summed E-state index contributed by atoms with van der Waals surface area (Å²) in [5, 5.41) is 11.6. The molecule has 0 radical (unpaired) electrons. The first kappa shape index (κ1) is 12.4. The molecule has 0 aliphatic rings. The van der Waals surface area contributed by atoms with Gasteiger partial charge in [0.2, 0.25) is 0 Å². The number of carbonyl (C=O) groups excluding carboxylic acids is 1. The second-order valence-electron chi connectivity index (χ2n) is 3.86. The predicted octanol–water partition coefficient (Wildman–Crippen LogP) is 0.258. The van der Waals surface area contributed by atoms with Crippen LogP contribution in [-0.4, -0.2) is 42.7 Å². The number of aliphatic hydroxyl groups is 1. The minimum Gasteiger partial charge on any atom is -0.392 e. The lowest BCUT2D eigenvalue weighted by Crippen LogP contribution is -2.30. The molecule has 0 aromatic carbocycles. The van der Waals surface area contributed by atoms with Crippen molar-refractivity contribution in [1.29, 1.82) is 0 Å². The fourth-order valence-corrected chi connectivity index (χ4v) is 1.13. The molecule has 0 fully saturated rings. The summed E-state index contributed by atoms with van der Waals surface area (Å²) in [7, 11) is 3.77. The average Bonchev–Trinajstić information content (AvgIpc) is 2.26. The maximum atomic E-state index is 11.6. The Bertz CT molecular complexity index is 347. The van der Waals surface area contributed by atoms with Gasteiger partial charge in [-0.05, 0) is 19.1 Å². The van der Waals surface area contributed by atoms with Gasteiger partial charge in [-0.1, -0.05) is 0 Å². The lowest BCUT2D eigenvalue weighted by atomic mass is 10.2. The minimum atomic E-state index is -0.544. The molecule has 1 aromatic heterocycles. The van der Waals surface area contributed by atoms with Gasteiger partial charge in [-0.25, -0.2) is 4.98 Å². The first-order valence-corrected chi connectivity index (χ1v) is 5.10. The quantitative estimate of drug-likeness (QED) is 0.768. The van der Waals surface area contributed by atoms with Gasteiger partial charge in [0.25, 0.3) is 5.91 Å². The van der Waals surface area contributed by atoms with E-state index < -0.39 is 6.10 Å². The molecule has 1 amide bonds. The molecule has 16 heavy (non-hydrogen) atoms. The van der Waals surface area contributed by atoms with Crippen molar-refractivity contribution < 1.29 is 9.90 Å². The zero-order valence-corrected chi connectivity index (χ0v) is 9.77. The summed E-state index contributed by atoms with van der Waals surface area (Å²) in [6.07, 6.45) is 0.977. The van der Waals surface area contributed by atoms with Crippen molar-refractivity contribution in [1.82, 2.24) is 10.3 Å². The van der Waals surface area contributed by atoms with E-state index in [1.54, 1.807) is 19.1 Å². The Morgan fingerprint density at radius 3 is 2.69 bits per heavy atom. The van der Waals surface area contributed by atoms with Crippen LogP contribution in [0.25, 0.3) is 0 Å². The standard InChI is InChI=1S/C11H17N3O2/c1-8(15)6-13-11(16)9-4-5-10(12-7-9)14(2)3/h4-5,7-8,15H,6H2,1-3H3,(H,13,16)/t8-/m1/s1. The average molecular weight is 223 g/mol. The number of nitrogens with zero attached hydrogens (tertiary/aromatic N) is 2. The number of pyridine rings is 1. The van der Waals surface area contributed by atoms with Gasteiger partial charge in [-0.2, -0.15) is 0 Å². The van der Waals surface area contributed by atoms with E-state index in [2.05, 4.69) is 10.3 Å². The van der Waals surface area contributed by atoms with Crippen LogP contribution in [0.1, 0.15) is 17.3 Å². The second-order valence-corrected chi connectivity index (χ2v) is 3.86. The molecule has 0 spiro atoms. The number of aromatic nitrogens is 1. The second kappa shape index (κ2) is 5.46. The number of nitrogens with one attached hydrogen (secondary N) is 1. The van der Waals surface area contributed by atoms with Crippen molar-refractivity contribution >= 4 is 11.7 Å². The molecule has 5 heteroatoms. The predicted molar refractivity (Wildman–Crippen MR) is 62.6 cm³/mol. The molecular weight excluding hydrogens is 206 g/mol. The Kier molecular flexibility index (Phi) is 4.25. The van der Waals surface area contributed by atoms with Crippen molar-refractivity contribution in [3.8, 4) is 0 Å². The maximum absolute atomic E-state index is 11.6. The molecule has 0 aliphatic heterocycles. The van der Waals surface area contributed by atoms with Crippen LogP contribution in [0.4, 0.5) is 5.82 Å². The van der Waals surface area contributed by atoms with E-state index in [1.165, 1.54) is 6.20 Å². The third kappa shape index (κ3) is 3.51. The molecule has 1 atom stereocenters. The van der Waals surface area contributed by atoms with Crippen molar-refractivity contribution in [3.63, 3.8) is 0 Å². The fourth-order valence-electron chi connectivity index (χ4n) is 1.13. The number of aliphatic hydroxyl groups excluding tert-OH is 1. The van der Waals surface area contributed by atoms with Gasteiger partial charge < -0.3 is 15.3 Å². The third-order valence-electron chi connectivity index (χ3n) is 2.03. The Labute approximate surface area is 95.1 Å². The van der Waals surface area contributed by atoms with E-state index in [9.17, 15) is 4.79 Å². The highest BCUT2D eigenvalue weighted by atomic mass is 16.3. The van der Waals surface area contributed by atoms with Crippen LogP contribution in [-0.2, 0) is 0 Å². The normalized spacial score (nSPS) is 12.0. The first-order chi connectivity index (χ1) is 7.50. The summed E-state index contributed by atoms with van der Waals surface area (Å²) >= 11 is 0. The molecule has 88 valence electrons. The van der Waals surface area contributed by atoms with Crippen molar-refractivity contribution in [2.75, 3.05) is 25.5 Å². The van der Waals surface area contributed by atoms with Crippen LogP contribution in [0.15, 0.2) is 18.3 Å². The van der Waals surface area contributed by atoms with Crippen LogP contribution in [0.3, 0.4) is 0 Å². The molecule has 2 N–H and O–H groups in total. The monoisotopic (exact) mass is 223 g/mol. The van der Waals surface area contributed by atoms with E-state index >= 15 is 0 Å². The molecule has 0 bridgehead atoms. The van der Waals surface area contributed by atoms with Crippen LogP contribution in [0.5, 0.6) is 0 Å². The Balaban J connectivity index is 2.63. The van der Waals surface area contributed by atoms with Gasteiger partial charge >= 0.3 is 0 Å². The molecule has 1 rings (SSSR count). The third-order valence-corrected chi connectivity index (χ3v) is 2.03.